The first-order valence-electron chi connectivity index (χ1n) is 10.5. The molecule has 0 bridgehead atoms. The molecule has 0 radical (unpaired) electrons. The van der Waals surface area contributed by atoms with Crippen LogP contribution in [-0.2, 0) is 9.59 Å². The zero-order chi connectivity index (χ0) is 21.7. The first-order valence-corrected chi connectivity index (χ1v) is 10.5. The summed E-state index contributed by atoms with van der Waals surface area (Å²) in [5.41, 5.74) is 5.14. The minimum absolute atomic E-state index is 0.0575. The van der Waals surface area contributed by atoms with Crippen LogP contribution in [0, 0.1) is 13.8 Å². The van der Waals surface area contributed by atoms with Gasteiger partial charge in [0.15, 0.2) is 0 Å². The van der Waals surface area contributed by atoms with E-state index in [2.05, 4.69) is 44.7 Å². The van der Waals surface area contributed by atoms with Crippen LogP contribution in [0.3, 0.4) is 0 Å². The maximum atomic E-state index is 12.4. The highest BCUT2D eigenvalue weighted by atomic mass is 16.2. The average Bonchev–Trinajstić information content (AvgIpc) is 3.25. The van der Waals surface area contributed by atoms with Crippen molar-refractivity contribution >= 4 is 23.2 Å². The number of nitrogens with zero attached hydrogens (tertiary/aromatic N) is 2. The van der Waals surface area contributed by atoms with Crippen molar-refractivity contribution in [3.8, 4) is 0 Å². The first-order chi connectivity index (χ1) is 14.3. The Morgan fingerprint density at radius 3 is 2.23 bits per heavy atom. The van der Waals surface area contributed by atoms with Gasteiger partial charge in [0.05, 0.1) is 6.04 Å². The van der Waals surface area contributed by atoms with Crippen LogP contribution in [0.4, 0.5) is 11.4 Å². The molecule has 2 aromatic carbocycles. The molecular formula is C24H32N4O2. The van der Waals surface area contributed by atoms with Gasteiger partial charge in [-0.1, -0.05) is 18.2 Å². The summed E-state index contributed by atoms with van der Waals surface area (Å²) in [4.78, 5) is 29.2. The molecule has 30 heavy (non-hydrogen) atoms. The number of hydrogen-bond acceptors (Lipinski definition) is 4. The molecule has 3 rings (SSSR count). The van der Waals surface area contributed by atoms with Crippen LogP contribution in [-0.4, -0.2) is 50.4 Å². The summed E-state index contributed by atoms with van der Waals surface area (Å²) in [7, 11) is 4.03. The van der Waals surface area contributed by atoms with E-state index in [1.54, 1.807) is 0 Å². The highest BCUT2D eigenvalue weighted by molar-refractivity contribution is 6.39. The number of amides is 2. The van der Waals surface area contributed by atoms with E-state index in [4.69, 9.17) is 0 Å². The standard InChI is InChI=1S/C24H32N4O2/c1-17-7-10-20(15-18(17)2)26-24(30)23(29)25-16-22(28-13-5-6-14-28)19-8-11-21(12-9-19)27(3)4/h7-12,15,22H,5-6,13-14,16H2,1-4H3,(H,25,29)(H,26,30). The molecule has 1 aliphatic rings. The quantitative estimate of drug-likeness (QED) is 0.720. The van der Waals surface area contributed by atoms with Crippen molar-refractivity contribution in [2.75, 3.05) is 43.9 Å². The summed E-state index contributed by atoms with van der Waals surface area (Å²) >= 11 is 0. The predicted molar refractivity (Wildman–Crippen MR) is 122 cm³/mol. The lowest BCUT2D eigenvalue weighted by Crippen LogP contribution is -2.41. The molecule has 1 heterocycles. The Balaban J connectivity index is 1.64. The fraction of sp³-hybridized carbons (Fsp3) is 0.417. The highest BCUT2D eigenvalue weighted by Crippen LogP contribution is 2.26. The average molecular weight is 409 g/mol. The Kier molecular flexibility index (Phi) is 7.11. The molecule has 2 amide bonds. The lowest BCUT2D eigenvalue weighted by atomic mass is 10.0. The van der Waals surface area contributed by atoms with Gasteiger partial charge >= 0.3 is 11.8 Å². The Morgan fingerprint density at radius 1 is 0.967 bits per heavy atom. The van der Waals surface area contributed by atoms with Crippen LogP contribution in [0.15, 0.2) is 42.5 Å². The third-order valence-electron chi connectivity index (χ3n) is 5.80. The number of rotatable bonds is 6. The lowest BCUT2D eigenvalue weighted by Gasteiger charge is -2.28. The second kappa shape index (κ2) is 9.76. The van der Waals surface area contributed by atoms with E-state index in [1.807, 2.05) is 46.1 Å². The predicted octanol–water partition coefficient (Wildman–Crippen LogP) is 3.26. The van der Waals surface area contributed by atoms with Crippen LogP contribution in [0.2, 0.25) is 0 Å². The zero-order valence-corrected chi connectivity index (χ0v) is 18.4. The number of anilines is 2. The summed E-state index contributed by atoms with van der Waals surface area (Å²) < 4.78 is 0. The molecule has 1 unspecified atom stereocenters. The molecule has 0 aromatic heterocycles. The maximum Gasteiger partial charge on any atom is 0.313 e. The van der Waals surface area contributed by atoms with E-state index >= 15 is 0 Å². The van der Waals surface area contributed by atoms with Crippen molar-refractivity contribution < 1.29 is 9.59 Å². The summed E-state index contributed by atoms with van der Waals surface area (Å²) in [6.45, 7) is 6.40. The summed E-state index contributed by atoms with van der Waals surface area (Å²) in [6, 6.07) is 14.1. The van der Waals surface area contributed by atoms with E-state index < -0.39 is 11.8 Å². The molecule has 1 saturated heterocycles. The van der Waals surface area contributed by atoms with Crippen molar-refractivity contribution in [3.05, 3.63) is 59.2 Å². The van der Waals surface area contributed by atoms with Crippen molar-refractivity contribution in [1.82, 2.24) is 10.2 Å². The van der Waals surface area contributed by atoms with Gasteiger partial charge in [-0.05, 0) is 80.7 Å². The molecule has 6 heteroatoms. The maximum absolute atomic E-state index is 12.4. The fourth-order valence-corrected chi connectivity index (χ4v) is 3.78. The number of benzene rings is 2. The third-order valence-corrected chi connectivity index (χ3v) is 5.80. The van der Waals surface area contributed by atoms with Crippen LogP contribution in [0.25, 0.3) is 0 Å². The van der Waals surface area contributed by atoms with E-state index in [9.17, 15) is 9.59 Å². The van der Waals surface area contributed by atoms with Crippen LogP contribution in [0.5, 0.6) is 0 Å². The number of aryl methyl sites for hydroxylation is 2. The van der Waals surface area contributed by atoms with Crippen molar-refractivity contribution in [2.24, 2.45) is 0 Å². The van der Waals surface area contributed by atoms with Gasteiger partial charge in [0.25, 0.3) is 0 Å². The smallest absolute Gasteiger partial charge is 0.313 e. The minimum Gasteiger partial charge on any atom is -0.378 e. The van der Waals surface area contributed by atoms with Gasteiger partial charge in [0.1, 0.15) is 0 Å². The fourth-order valence-electron chi connectivity index (χ4n) is 3.78. The number of hydrogen-bond donors (Lipinski definition) is 2. The van der Waals surface area contributed by atoms with Crippen molar-refractivity contribution in [3.63, 3.8) is 0 Å². The van der Waals surface area contributed by atoms with E-state index in [-0.39, 0.29) is 6.04 Å². The van der Waals surface area contributed by atoms with Gasteiger partial charge in [-0.2, -0.15) is 0 Å². The monoisotopic (exact) mass is 408 g/mol. The largest absolute Gasteiger partial charge is 0.378 e. The van der Waals surface area contributed by atoms with Gasteiger partial charge in [0, 0.05) is 32.0 Å². The van der Waals surface area contributed by atoms with Crippen LogP contribution >= 0.6 is 0 Å². The van der Waals surface area contributed by atoms with Gasteiger partial charge < -0.3 is 15.5 Å². The van der Waals surface area contributed by atoms with E-state index in [1.165, 1.54) is 0 Å². The molecule has 1 fully saturated rings. The molecule has 2 N–H and O–H groups in total. The van der Waals surface area contributed by atoms with Gasteiger partial charge in [-0.3, -0.25) is 14.5 Å². The first kappa shape index (κ1) is 21.8. The van der Waals surface area contributed by atoms with Crippen LogP contribution < -0.4 is 15.5 Å². The summed E-state index contributed by atoms with van der Waals surface area (Å²) in [5.74, 6) is -1.25. The Hall–Kier alpha value is -2.86. The second-order valence-corrected chi connectivity index (χ2v) is 8.21. The molecule has 0 saturated carbocycles. The molecule has 6 nitrogen and oxygen atoms in total. The van der Waals surface area contributed by atoms with E-state index in [0.29, 0.717) is 12.2 Å². The number of likely N-dealkylation sites (tertiary alicyclic amines) is 1. The van der Waals surface area contributed by atoms with E-state index in [0.717, 1.165) is 48.3 Å². The SMILES string of the molecule is Cc1ccc(NC(=O)C(=O)NCC(c2ccc(N(C)C)cc2)N2CCCC2)cc1C. The van der Waals surface area contributed by atoms with Gasteiger partial charge in [-0.15, -0.1) is 0 Å². The highest BCUT2D eigenvalue weighted by Gasteiger charge is 2.25. The summed E-state index contributed by atoms with van der Waals surface area (Å²) in [6.07, 6.45) is 2.32. The lowest BCUT2D eigenvalue weighted by molar-refractivity contribution is -0.136. The molecule has 0 spiro atoms. The Morgan fingerprint density at radius 2 is 1.63 bits per heavy atom. The molecule has 1 aliphatic heterocycles. The summed E-state index contributed by atoms with van der Waals surface area (Å²) in [5, 5.41) is 5.53. The third kappa shape index (κ3) is 5.39. The van der Waals surface area contributed by atoms with Gasteiger partial charge in [0.2, 0.25) is 0 Å². The van der Waals surface area contributed by atoms with Crippen molar-refractivity contribution in [2.45, 2.75) is 32.7 Å². The zero-order valence-electron chi connectivity index (χ0n) is 18.4. The Bertz CT molecular complexity index is 887. The molecule has 160 valence electrons. The second-order valence-electron chi connectivity index (χ2n) is 8.21. The number of nitrogens with one attached hydrogen (secondary N) is 2. The molecule has 2 aromatic rings. The molecular weight excluding hydrogens is 376 g/mol. The molecule has 0 aliphatic carbocycles. The van der Waals surface area contributed by atoms with Crippen molar-refractivity contribution in [1.29, 1.82) is 0 Å². The number of carbonyl (C=O) groups is 2. The number of carbonyl (C=O) groups excluding carboxylic acids is 2. The minimum atomic E-state index is -0.638. The molecule has 1 atom stereocenters. The topological polar surface area (TPSA) is 64.7 Å². The normalized spacial score (nSPS) is 14.9. The Labute approximate surface area is 179 Å². The van der Waals surface area contributed by atoms with Gasteiger partial charge in [-0.25, -0.2) is 0 Å². The van der Waals surface area contributed by atoms with Crippen LogP contribution in [0.1, 0.15) is 35.6 Å².